The van der Waals surface area contributed by atoms with Crippen LogP contribution in [0.15, 0.2) is 45.6 Å². The molecule has 1 aromatic rings. The SMILES string of the molecule is CC(C)Oc1ccc(Br)cc1[C@H]1[C@H]2CCCC=C2C(C#N)=C(N)C1(C#N)C#N. The smallest absolute Gasteiger partial charge is 0.191 e. The number of nitrogens with two attached hydrogens (primary N) is 1. The van der Waals surface area contributed by atoms with Gasteiger partial charge in [0.05, 0.1) is 29.5 Å². The highest BCUT2D eigenvalue weighted by Crippen LogP contribution is 2.57. The second-order valence-corrected chi connectivity index (χ2v) is 8.37. The molecule has 0 spiro atoms. The van der Waals surface area contributed by atoms with Gasteiger partial charge >= 0.3 is 0 Å². The minimum atomic E-state index is -1.62. The van der Waals surface area contributed by atoms with Gasteiger partial charge in [0.25, 0.3) is 0 Å². The van der Waals surface area contributed by atoms with E-state index in [4.69, 9.17) is 10.5 Å². The summed E-state index contributed by atoms with van der Waals surface area (Å²) in [4.78, 5) is 0. The molecule has 0 heterocycles. The quantitative estimate of drug-likeness (QED) is 0.729. The van der Waals surface area contributed by atoms with Gasteiger partial charge in [-0.2, -0.15) is 15.8 Å². The fourth-order valence-electron chi connectivity index (χ4n) is 4.34. The molecule has 0 aliphatic heterocycles. The van der Waals surface area contributed by atoms with E-state index in [1.54, 1.807) is 0 Å². The maximum absolute atomic E-state index is 10.1. The summed E-state index contributed by atoms with van der Waals surface area (Å²) < 4.78 is 6.85. The Balaban J connectivity index is 2.35. The van der Waals surface area contributed by atoms with E-state index < -0.39 is 11.3 Å². The van der Waals surface area contributed by atoms with Gasteiger partial charge in [-0.3, -0.25) is 0 Å². The zero-order valence-corrected chi connectivity index (χ0v) is 17.5. The van der Waals surface area contributed by atoms with Crippen molar-refractivity contribution in [2.24, 2.45) is 17.1 Å². The van der Waals surface area contributed by atoms with E-state index in [0.29, 0.717) is 5.75 Å². The Morgan fingerprint density at radius 3 is 2.57 bits per heavy atom. The molecular formula is C22H21BrN4O. The summed E-state index contributed by atoms with van der Waals surface area (Å²) in [5.41, 5.74) is 6.66. The Kier molecular flexibility index (Phi) is 5.50. The van der Waals surface area contributed by atoms with Crippen molar-refractivity contribution >= 4 is 15.9 Å². The maximum Gasteiger partial charge on any atom is 0.191 e. The van der Waals surface area contributed by atoms with Gasteiger partial charge in [0, 0.05) is 16.0 Å². The Morgan fingerprint density at radius 1 is 1.25 bits per heavy atom. The minimum Gasteiger partial charge on any atom is -0.491 e. The van der Waals surface area contributed by atoms with E-state index in [1.807, 2.05) is 38.1 Å². The van der Waals surface area contributed by atoms with Crippen molar-refractivity contribution in [3.63, 3.8) is 0 Å². The zero-order valence-electron chi connectivity index (χ0n) is 15.9. The molecule has 0 fully saturated rings. The molecule has 0 amide bonds. The summed E-state index contributed by atoms with van der Waals surface area (Å²) in [6.45, 7) is 3.87. The summed E-state index contributed by atoms with van der Waals surface area (Å²) in [6.07, 6.45) is 4.55. The summed E-state index contributed by atoms with van der Waals surface area (Å²) >= 11 is 3.51. The average molecular weight is 437 g/mol. The molecule has 2 atom stereocenters. The van der Waals surface area contributed by atoms with Crippen LogP contribution in [0.4, 0.5) is 0 Å². The van der Waals surface area contributed by atoms with E-state index in [0.717, 1.165) is 34.9 Å². The third-order valence-electron chi connectivity index (χ3n) is 5.47. The first-order chi connectivity index (χ1) is 13.4. The molecule has 142 valence electrons. The lowest BCUT2D eigenvalue weighted by Crippen LogP contribution is -2.42. The number of rotatable bonds is 3. The second kappa shape index (κ2) is 7.70. The molecular weight excluding hydrogens is 416 g/mol. The molecule has 0 unspecified atom stereocenters. The van der Waals surface area contributed by atoms with Gasteiger partial charge in [-0.15, -0.1) is 0 Å². The van der Waals surface area contributed by atoms with Gasteiger partial charge in [0.2, 0.25) is 0 Å². The van der Waals surface area contributed by atoms with E-state index in [1.165, 1.54) is 0 Å². The van der Waals surface area contributed by atoms with Crippen LogP contribution in [0.25, 0.3) is 0 Å². The minimum absolute atomic E-state index is 0.0462. The van der Waals surface area contributed by atoms with Crippen LogP contribution in [0.1, 0.15) is 44.6 Å². The third-order valence-corrected chi connectivity index (χ3v) is 5.96. The van der Waals surface area contributed by atoms with Crippen LogP contribution in [0.3, 0.4) is 0 Å². The molecule has 2 N–H and O–H groups in total. The molecule has 1 aromatic carbocycles. The first-order valence-corrected chi connectivity index (χ1v) is 10.1. The highest BCUT2D eigenvalue weighted by molar-refractivity contribution is 9.10. The summed E-state index contributed by atoms with van der Waals surface area (Å²) in [5, 5.41) is 30.0. The van der Waals surface area contributed by atoms with Crippen LogP contribution in [0, 0.1) is 45.3 Å². The highest BCUT2D eigenvalue weighted by atomic mass is 79.9. The molecule has 28 heavy (non-hydrogen) atoms. The van der Waals surface area contributed by atoms with Crippen molar-refractivity contribution in [2.45, 2.75) is 45.1 Å². The number of benzene rings is 1. The number of fused-ring (bicyclic) bond motifs is 1. The molecule has 2 aliphatic carbocycles. The predicted molar refractivity (Wildman–Crippen MR) is 109 cm³/mol. The third kappa shape index (κ3) is 3.07. The Hall–Kier alpha value is -2.75. The monoisotopic (exact) mass is 436 g/mol. The predicted octanol–water partition coefficient (Wildman–Crippen LogP) is 4.83. The van der Waals surface area contributed by atoms with Crippen molar-refractivity contribution < 1.29 is 4.74 Å². The first-order valence-electron chi connectivity index (χ1n) is 9.29. The summed E-state index contributed by atoms with van der Waals surface area (Å²) in [6, 6.07) is 12.1. The molecule has 0 saturated carbocycles. The van der Waals surface area contributed by atoms with Crippen LogP contribution in [0.2, 0.25) is 0 Å². The Labute approximate surface area is 173 Å². The number of halogens is 1. The molecule has 0 saturated heterocycles. The number of nitriles is 3. The Bertz CT molecular complexity index is 973. The van der Waals surface area contributed by atoms with E-state index in [9.17, 15) is 15.8 Å². The fourth-order valence-corrected chi connectivity index (χ4v) is 4.72. The van der Waals surface area contributed by atoms with Crippen LogP contribution < -0.4 is 10.5 Å². The molecule has 6 heteroatoms. The summed E-state index contributed by atoms with van der Waals surface area (Å²) in [5.74, 6) is -0.0209. The normalized spacial score (nSPS) is 23.1. The van der Waals surface area contributed by atoms with Crippen molar-refractivity contribution in [1.29, 1.82) is 15.8 Å². The molecule has 2 aliphatic rings. The first kappa shape index (κ1) is 20.0. The molecule has 5 nitrogen and oxygen atoms in total. The van der Waals surface area contributed by atoms with Crippen LogP contribution in [-0.4, -0.2) is 6.10 Å². The molecule has 0 aromatic heterocycles. The van der Waals surface area contributed by atoms with E-state index in [2.05, 4.69) is 34.1 Å². The van der Waals surface area contributed by atoms with Crippen LogP contribution >= 0.6 is 15.9 Å². The van der Waals surface area contributed by atoms with Gasteiger partial charge in [-0.05, 0) is 62.8 Å². The number of hydrogen-bond acceptors (Lipinski definition) is 5. The van der Waals surface area contributed by atoms with Crippen molar-refractivity contribution in [2.75, 3.05) is 0 Å². The zero-order chi connectivity index (χ0) is 20.5. The highest BCUT2D eigenvalue weighted by Gasteiger charge is 2.54. The number of ether oxygens (including phenoxy) is 1. The lowest BCUT2D eigenvalue weighted by atomic mass is 9.56. The van der Waals surface area contributed by atoms with Crippen molar-refractivity contribution in [3.05, 3.63) is 51.2 Å². The fraction of sp³-hybridized carbons (Fsp3) is 0.409. The Morgan fingerprint density at radius 2 is 1.96 bits per heavy atom. The van der Waals surface area contributed by atoms with Gasteiger partial charge in [-0.25, -0.2) is 0 Å². The lowest BCUT2D eigenvalue weighted by molar-refractivity contribution is 0.230. The van der Waals surface area contributed by atoms with E-state index in [-0.39, 0.29) is 23.3 Å². The van der Waals surface area contributed by atoms with Gasteiger partial charge in [0.1, 0.15) is 11.8 Å². The topological polar surface area (TPSA) is 107 Å². The number of allylic oxidation sites excluding steroid dienone is 4. The summed E-state index contributed by atoms with van der Waals surface area (Å²) in [7, 11) is 0. The molecule has 0 bridgehead atoms. The standard InChI is InChI=1S/C22H21BrN4O/c1-13(2)28-19-8-7-14(23)9-17(19)20-16-6-4-3-5-15(16)18(10-24)21(27)22(20,11-25)12-26/h5,7-9,13,16,20H,3-4,6,27H2,1-2H3/t16-,20+/m0/s1. The van der Waals surface area contributed by atoms with Gasteiger partial charge in [-0.1, -0.05) is 22.0 Å². The van der Waals surface area contributed by atoms with Crippen molar-refractivity contribution in [1.82, 2.24) is 0 Å². The second-order valence-electron chi connectivity index (χ2n) is 7.46. The van der Waals surface area contributed by atoms with E-state index >= 15 is 0 Å². The van der Waals surface area contributed by atoms with Gasteiger partial charge < -0.3 is 10.5 Å². The molecule has 0 radical (unpaired) electrons. The van der Waals surface area contributed by atoms with Crippen LogP contribution in [0.5, 0.6) is 5.75 Å². The maximum atomic E-state index is 10.1. The number of nitrogens with zero attached hydrogens (tertiary/aromatic N) is 3. The molecule has 3 rings (SSSR count). The average Bonchev–Trinajstić information content (AvgIpc) is 2.68. The lowest BCUT2D eigenvalue weighted by Gasteiger charge is -2.43. The van der Waals surface area contributed by atoms with Crippen molar-refractivity contribution in [3.8, 4) is 24.0 Å². The van der Waals surface area contributed by atoms with Gasteiger partial charge in [0.15, 0.2) is 5.41 Å². The largest absolute Gasteiger partial charge is 0.491 e. The number of hydrogen-bond donors (Lipinski definition) is 1. The van der Waals surface area contributed by atoms with Crippen LogP contribution in [-0.2, 0) is 0 Å².